The van der Waals surface area contributed by atoms with Crippen molar-refractivity contribution in [2.24, 2.45) is 5.41 Å². The topological polar surface area (TPSA) is 95.9 Å². The van der Waals surface area contributed by atoms with Crippen LogP contribution in [0, 0.1) is 12.3 Å². The highest BCUT2D eigenvalue weighted by atomic mass is 79.9. The Morgan fingerprint density at radius 1 is 1.19 bits per heavy atom. The zero-order valence-electron chi connectivity index (χ0n) is 17.5. The van der Waals surface area contributed by atoms with Gasteiger partial charge in [-0.15, -0.1) is 0 Å². The molecule has 166 valence electrons. The molecule has 8 heteroatoms. The number of hydrogen-bond donors (Lipinski definition) is 3. The molecule has 0 saturated heterocycles. The summed E-state index contributed by atoms with van der Waals surface area (Å²) in [5.41, 5.74) is 1.48. The van der Waals surface area contributed by atoms with E-state index in [0.29, 0.717) is 33.0 Å². The summed E-state index contributed by atoms with van der Waals surface area (Å²) in [4.78, 5) is 23.4. The number of rotatable bonds is 8. The van der Waals surface area contributed by atoms with E-state index in [1.807, 2.05) is 32.9 Å². The predicted molar refractivity (Wildman–Crippen MR) is 127 cm³/mol. The van der Waals surface area contributed by atoms with Crippen LogP contribution in [0.25, 0.3) is 0 Å². The van der Waals surface area contributed by atoms with Gasteiger partial charge >= 0.3 is 12.1 Å². The second kappa shape index (κ2) is 10.8. The van der Waals surface area contributed by atoms with E-state index in [9.17, 15) is 14.7 Å². The van der Waals surface area contributed by atoms with Gasteiger partial charge in [0.1, 0.15) is 11.9 Å². The van der Waals surface area contributed by atoms with Crippen molar-refractivity contribution >= 4 is 49.6 Å². The van der Waals surface area contributed by atoms with Crippen LogP contribution in [0.2, 0.25) is 0 Å². The van der Waals surface area contributed by atoms with Crippen molar-refractivity contribution in [3.8, 4) is 5.75 Å². The van der Waals surface area contributed by atoms with Crippen molar-refractivity contribution in [3.05, 3.63) is 68.6 Å². The molecule has 3 N–H and O–H groups in total. The standard InChI is InChI=1S/C23H25Br2NO5/c1-14-7-9-16(10-8-14)26-22(30)31-21(17-12-15(24)13-18(25)20(17)29)23(2,3)11-5-4-6-19(27)28/h4,6-10,12-13,21,29H,5,11H2,1-3H3,(H,26,30)(H,27,28)/b6-4+/t21-/m0/s1. The number of allylic oxidation sites excluding steroid dienone is 1. The number of anilines is 1. The molecule has 0 aliphatic rings. The lowest BCUT2D eigenvalue weighted by Crippen LogP contribution is -2.29. The summed E-state index contributed by atoms with van der Waals surface area (Å²) in [6.45, 7) is 5.76. The third-order valence-corrected chi connectivity index (χ3v) is 5.85. The van der Waals surface area contributed by atoms with Crippen molar-refractivity contribution < 1.29 is 24.5 Å². The number of benzene rings is 2. The molecule has 0 bridgehead atoms. The number of ether oxygens (including phenoxy) is 1. The zero-order valence-corrected chi connectivity index (χ0v) is 20.7. The van der Waals surface area contributed by atoms with E-state index in [4.69, 9.17) is 9.84 Å². The first-order valence-corrected chi connectivity index (χ1v) is 11.2. The maximum absolute atomic E-state index is 12.7. The van der Waals surface area contributed by atoms with Gasteiger partial charge in [0.2, 0.25) is 0 Å². The number of aromatic hydroxyl groups is 1. The molecule has 1 amide bonds. The fourth-order valence-corrected chi connectivity index (χ4v) is 4.35. The molecule has 0 aliphatic heterocycles. The number of carboxylic acid groups (broad SMARTS) is 1. The molecule has 0 heterocycles. The van der Waals surface area contributed by atoms with E-state index in [0.717, 1.165) is 11.6 Å². The van der Waals surface area contributed by atoms with Crippen LogP contribution in [0.5, 0.6) is 5.75 Å². The molecule has 0 aromatic heterocycles. The number of halogens is 2. The fourth-order valence-electron chi connectivity index (χ4n) is 3.09. The van der Waals surface area contributed by atoms with E-state index in [-0.39, 0.29) is 5.75 Å². The van der Waals surface area contributed by atoms with Crippen molar-refractivity contribution in [2.75, 3.05) is 5.32 Å². The van der Waals surface area contributed by atoms with E-state index in [1.165, 1.54) is 0 Å². The molecule has 0 saturated carbocycles. The van der Waals surface area contributed by atoms with Gasteiger partial charge in [0.25, 0.3) is 0 Å². The van der Waals surface area contributed by atoms with Gasteiger partial charge in [-0.1, -0.05) is 53.5 Å². The molecule has 0 aliphatic carbocycles. The Kier molecular flexibility index (Phi) is 8.70. The first-order chi connectivity index (χ1) is 14.5. The minimum absolute atomic E-state index is 0.0227. The zero-order chi connectivity index (χ0) is 23.2. The average Bonchev–Trinajstić information content (AvgIpc) is 2.68. The third-order valence-electron chi connectivity index (χ3n) is 4.79. The summed E-state index contributed by atoms with van der Waals surface area (Å²) in [6.07, 6.45) is 2.17. The second-order valence-corrected chi connectivity index (χ2v) is 9.64. The molecule has 0 radical (unpaired) electrons. The van der Waals surface area contributed by atoms with E-state index < -0.39 is 23.6 Å². The van der Waals surface area contributed by atoms with Crippen LogP contribution in [0.15, 0.2) is 57.5 Å². The van der Waals surface area contributed by atoms with Crippen LogP contribution in [-0.4, -0.2) is 22.3 Å². The average molecular weight is 555 g/mol. The van der Waals surface area contributed by atoms with Crippen LogP contribution in [0.4, 0.5) is 10.5 Å². The number of phenols is 1. The molecule has 0 fully saturated rings. The Morgan fingerprint density at radius 2 is 1.84 bits per heavy atom. The molecule has 2 rings (SSSR count). The molecular formula is C23H25Br2NO5. The molecule has 2 aromatic carbocycles. The summed E-state index contributed by atoms with van der Waals surface area (Å²) >= 11 is 6.74. The quantitative estimate of drug-likeness (QED) is 0.306. The highest BCUT2D eigenvalue weighted by Gasteiger charge is 2.36. The van der Waals surface area contributed by atoms with E-state index in [2.05, 4.69) is 37.2 Å². The first-order valence-electron chi connectivity index (χ1n) is 9.61. The smallest absolute Gasteiger partial charge is 0.412 e. The first kappa shape index (κ1) is 24.9. The van der Waals surface area contributed by atoms with Gasteiger partial charge in [-0.3, -0.25) is 5.32 Å². The number of carbonyl (C=O) groups excluding carboxylic acids is 1. The van der Waals surface area contributed by atoms with Crippen molar-refractivity contribution in [2.45, 2.75) is 39.7 Å². The largest absolute Gasteiger partial charge is 0.506 e. The van der Waals surface area contributed by atoms with Crippen molar-refractivity contribution in [1.82, 2.24) is 0 Å². The highest BCUT2D eigenvalue weighted by Crippen LogP contribution is 2.46. The van der Waals surface area contributed by atoms with Crippen LogP contribution in [-0.2, 0) is 9.53 Å². The van der Waals surface area contributed by atoms with Crippen LogP contribution in [0.3, 0.4) is 0 Å². The summed E-state index contributed by atoms with van der Waals surface area (Å²) < 4.78 is 6.99. The molecule has 31 heavy (non-hydrogen) atoms. The Hall–Kier alpha value is -2.32. The van der Waals surface area contributed by atoms with Crippen LogP contribution >= 0.6 is 31.9 Å². The maximum Gasteiger partial charge on any atom is 0.412 e. The summed E-state index contributed by atoms with van der Waals surface area (Å²) in [7, 11) is 0. The molecule has 6 nitrogen and oxygen atoms in total. The lowest BCUT2D eigenvalue weighted by Gasteiger charge is -2.34. The second-order valence-electron chi connectivity index (χ2n) is 7.87. The summed E-state index contributed by atoms with van der Waals surface area (Å²) in [5, 5.41) is 22.2. The number of aryl methyl sites for hydroxylation is 1. The fraction of sp³-hybridized carbons (Fsp3) is 0.304. The molecule has 2 aromatic rings. The van der Waals surface area contributed by atoms with Gasteiger partial charge in [-0.05, 0) is 60.0 Å². The van der Waals surface area contributed by atoms with Gasteiger partial charge in [-0.25, -0.2) is 9.59 Å². The van der Waals surface area contributed by atoms with Crippen LogP contribution < -0.4 is 5.32 Å². The van der Waals surface area contributed by atoms with Gasteiger partial charge in [0, 0.05) is 27.2 Å². The number of carbonyl (C=O) groups is 2. The van der Waals surface area contributed by atoms with Crippen molar-refractivity contribution in [3.63, 3.8) is 0 Å². The van der Waals surface area contributed by atoms with Crippen LogP contribution in [0.1, 0.15) is 43.9 Å². The highest BCUT2D eigenvalue weighted by molar-refractivity contribution is 9.11. The Balaban J connectivity index is 2.32. The van der Waals surface area contributed by atoms with Gasteiger partial charge in [0.05, 0.1) is 4.47 Å². The van der Waals surface area contributed by atoms with E-state index >= 15 is 0 Å². The Bertz CT molecular complexity index is 971. The van der Waals surface area contributed by atoms with Gasteiger partial charge < -0.3 is 14.9 Å². The van der Waals surface area contributed by atoms with Crippen molar-refractivity contribution in [1.29, 1.82) is 0 Å². The number of amides is 1. The minimum atomic E-state index is -1.02. The summed E-state index contributed by atoms with van der Waals surface area (Å²) in [6, 6.07) is 10.7. The number of aliphatic carboxylic acids is 1. The van der Waals surface area contributed by atoms with Gasteiger partial charge in [0.15, 0.2) is 0 Å². The summed E-state index contributed by atoms with van der Waals surface area (Å²) in [5.74, 6) is -1.04. The third kappa shape index (κ3) is 7.40. The maximum atomic E-state index is 12.7. The molecule has 0 spiro atoms. The SMILES string of the molecule is Cc1ccc(NC(=O)O[C@@H](c2cc(Br)cc(Br)c2O)C(C)(C)CC/C=C/C(=O)O)cc1. The number of nitrogens with one attached hydrogen (secondary N) is 1. The Labute approximate surface area is 198 Å². The molecular weight excluding hydrogens is 530 g/mol. The van der Waals surface area contributed by atoms with E-state index in [1.54, 1.807) is 30.3 Å². The molecule has 0 unspecified atom stereocenters. The minimum Gasteiger partial charge on any atom is -0.506 e. The number of phenolic OH excluding ortho intramolecular Hbond substituents is 1. The lowest BCUT2D eigenvalue weighted by molar-refractivity contribution is -0.131. The van der Waals surface area contributed by atoms with Gasteiger partial charge in [-0.2, -0.15) is 0 Å². The molecule has 1 atom stereocenters. The number of carboxylic acids is 1. The predicted octanol–water partition coefficient (Wildman–Crippen LogP) is 6.96. The normalized spacial score (nSPS) is 12.5. The lowest BCUT2D eigenvalue weighted by atomic mass is 9.78. The Morgan fingerprint density at radius 3 is 2.45 bits per heavy atom. The number of hydrogen-bond acceptors (Lipinski definition) is 4. The monoisotopic (exact) mass is 553 g/mol.